The number of hydrogen-bond donors (Lipinski definition) is 1. The van der Waals surface area contributed by atoms with Crippen molar-refractivity contribution in [3.63, 3.8) is 0 Å². The van der Waals surface area contributed by atoms with Crippen LogP contribution in [0.25, 0.3) is 16.6 Å². The van der Waals surface area contributed by atoms with Crippen LogP contribution in [-0.2, 0) is 0 Å². The molecule has 37 heavy (non-hydrogen) atoms. The van der Waals surface area contributed by atoms with E-state index in [-0.39, 0.29) is 17.7 Å². The molecule has 11 heteroatoms. The Balaban J connectivity index is 1.10. The molecule has 5 aromatic rings. The van der Waals surface area contributed by atoms with Gasteiger partial charge in [-0.05, 0) is 51.0 Å². The quantitative estimate of drug-likeness (QED) is 0.386. The molecule has 0 unspecified atom stereocenters. The number of benzene rings is 1. The first-order valence-electron chi connectivity index (χ1n) is 12.1. The number of amides is 2. The molecule has 0 bridgehead atoms. The van der Waals surface area contributed by atoms with E-state index < -0.39 is 0 Å². The Labute approximate surface area is 216 Å². The number of anilines is 1. The summed E-state index contributed by atoms with van der Waals surface area (Å²) in [5.41, 5.74) is 4.45. The van der Waals surface area contributed by atoms with Crippen LogP contribution in [0.4, 0.5) is 5.69 Å². The Morgan fingerprint density at radius 2 is 1.92 bits per heavy atom. The zero-order chi connectivity index (χ0) is 25.5. The minimum absolute atomic E-state index is 0.136. The van der Waals surface area contributed by atoms with Gasteiger partial charge >= 0.3 is 0 Å². The molecule has 0 radical (unpaired) electrons. The fourth-order valence-electron chi connectivity index (χ4n) is 4.68. The van der Waals surface area contributed by atoms with Gasteiger partial charge in [-0.1, -0.05) is 6.07 Å². The van der Waals surface area contributed by atoms with Gasteiger partial charge in [-0.25, -0.2) is 9.50 Å². The second kappa shape index (κ2) is 9.32. The van der Waals surface area contributed by atoms with Gasteiger partial charge in [0.25, 0.3) is 11.8 Å². The number of piperidine rings is 1. The van der Waals surface area contributed by atoms with E-state index >= 15 is 0 Å². The number of nitrogens with zero attached hydrogens (tertiary/aromatic N) is 7. The second-order valence-electron chi connectivity index (χ2n) is 9.19. The van der Waals surface area contributed by atoms with Gasteiger partial charge in [0, 0.05) is 47.7 Å². The van der Waals surface area contributed by atoms with Crippen LogP contribution < -0.4 is 5.32 Å². The smallest absolute Gasteiger partial charge is 0.276 e. The van der Waals surface area contributed by atoms with Gasteiger partial charge in [-0.3, -0.25) is 14.6 Å². The third kappa shape index (κ3) is 4.42. The van der Waals surface area contributed by atoms with E-state index in [4.69, 9.17) is 0 Å². The summed E-state index contributed by atoms with van der Waals surface area (Å²) < 4.78 is 1.67. The molecule has 5 heterocycles. The van der Waals surface area contributed by atoms with Crippen molar-refractivity contribution in [1.29, 1.82) is 0 Å². The number of thiazole rings is 1. The Morgan fingerprint density at radius 1 is 1.08 bits per heavy atom. The van der Waals surface area contributed by atoms with E-state index in [1.807, 2.05) is 55.1 Å². The zero-order valence-corrected chi connectivity index (χ0v) is 21.2. The fraction of sp³-hybridized carbons (Fsp3) is 0.269. The molecule has 2 amide bonds. The summed E-state index contributed by atoms with van der Waals surface area (Å²) in [6.45, 7) is 4.90. The molecule has 1 saturated heterocycles. The first-order chi connectivity index (χ1) is 18.0. The topological polar surface area (TPSA) is 118 Å². The van der Waals surface area contributed by atoms with Crippen molar-refractivity contribution in [2.45, 2.75) is 32.6 Å². The van der Waals surface area contributed by atoms with Crippen molar-refractivity contribution >= 4 is 45.4 Å². The minimum Gasteiger partial charge on any atom is -0.337 e. The molecule has 0 saturated carbocycles. The highest BCUT2D eigenvalue weighted by molar-refractivity contribution is 7.10. The minimum atomic E-state index is -0.239. The summed E-state index contributed by atoms with van der Waals surface area (Å²) in [4.78, 5) is 36.7. The van der Waals surface area contributed by atoms with Crippen LogP contribution in [-0.4, -0.2) is 59.6 Å². The second-order valence-corrected chi connectivity index (χ2v) is 10.1. The monoisotopic (exact) mass is 512 g/mol. The van der Waals surface area contributed by atoms with Gasteiger partial charge in [-0.15, -0.1) is 21.5 Å². The predicted molar refractivity (Wildman–Crippen MR) is 140 cm³/mol. The van der Waals surface area contributed by atoms with Crippen LogP contribution in [0.3, 0.4) is 0 Å². The van der Waals surface area contributed by atoms with E-state index in [2.05, 4.69) is 30.6 Å². The number of pyridine rings is 1. The van der Waals surface area contributed by atoms with Crippen molar-refractivity contribution in [3.8, 4) is 0 Å². The Bertz CT molecular complexity index is 1650. The number of hydrogen-bond acceptors (Lipinski definition) is 8. The standard InChI is InChI=1S/C26H24N8O2S/c1-15-12-22-30-31-23(16(2)34(22)32-15)26(36)33-10-7-17(8-11-33)25-29-21(14-37-25)24(35)28-19-5-6-20-18(13-19)4-3-9-27-20/h3-6,9,12-14,17H,7-8,10-11H2,1-2H3,(H,28,35). The van der Waals surface area contributed by atoms with Gasteiger partial charge in [0.2, 0.25) is 0 Å². The van der Waals surface area contributed by atoms with Gasteiger partial charge in [-0.2, -0.15) is 5.10 Å². The predicted octanol–water partition coefficient (Wildman–Crippen LogP) is 4.02. The molecule has 1 N–H and O–H groups in total. The number of carbonyl (C=O) groups excluding carboxylic acids is 2. The van der Waals surface area contributed by atoms with Gasteiger partial charge < -0.3 is 10.2 Å². The lowest BCUT2D eigenvalue weighted by Crippen LogP contribution is -2.39. The molecule has 6 rings (SSSR count). The molecule has 0 aliphatic carbocycles. The van der Waals surface area contributed by atoms with E-state index in [1.54, 1.807) is 16.1 Å². The van der Waals surface area contributed by atoms with Crippen molar-refractivity contribution in [2.75, 3.05) is 18.4 Å². The number of carbonyl (C=O) groups is 2. The molecule has 0 atom stereocenters. The molecule has 1 aromatic carbocycles. The summed E-state index contributed by atoms with van der Waals surface area (Å²) in [6, 6.07) is 11.3. The Kier molecular flexibility index (Phi) is 5.84. The average molecular weight is 513 g/mol. The van der Waals surface area contributed by atoms with Crippen LogP contribution in [0.5, 0.6) is 0 Å². The van der Waals surface area contributed by atoms with Gasteiger partial charge in [0.05, 0.1) is 21.9 Å². The largest absolute Gasteiger partial charge is 0.337 e. The Morgan fingerprint density at radius 3 is 2.76 bits per heavy atom. The third-order valence-electron chi connectivity index (χ3n) is 6.68. The molecular formula is C26H24N8O2S. The van der Waals surface area contributed by atoms with Crippen molar-refractivity contribution < 1.29 is 9.59 Å². The van der Waals surface area contributed by atoms with Crippen molar-refractivity contribution in [1.82, 2.24) is 34.7 Å². The van der Waals surface area contributed by atoms with Crippen LogP contribution in [0.15, 0.2) is 48.0 Å². The summed E-state index contributed by atoms with van der Waals surface area (Å²) in [5.74, 6) is -0.175. The van der Waals surface area contributed by atoms with E-state index in [1.165, 1.54) is 11.3 Å². The van der Waals surface area contributed by atoms with E-state index in [0.717, 1.165) is 34.4 Å². The molecule has 1 aliphatic heterocycles. The maximum atomic E-state index is 13.2. The Hall–Kier alpha value is -4.25. The van der Waals surface area contributed by atoms with E-state index in [9.17, 15) is 9.59 Å². The van der Waals surface area contributed by atoms with Crippen LogP contribution in [0, 0.1) is 13.8 Å². The maximum absolute atomic E-state index is 13.2. The number of fused-ring (bicyclic) bond motifs is 2. The normalized spacial score (nSPS) is 14.4. The fourth-order valence-corrected chi connectivity index (χ4v) is 5.65. The average Bonchev–Trinajstić information content (AvgIpc) is 3.56. The third-order valence-corrected chi connectivity index (χ3v) is 7.68. The number of likely N-dealkylation sites (tertiary alicyclic amines) is 1. The molecule has 1 aliphatic rings. The molecule has 1 fully saturated rings. The number of nitrogens with one attached hydrogen (secondary N) is 1. The zero-order valence-electron chi connectivity index (χ0n) is 20.4. The van der Waals surface area contributed by atoms with Crippen LogP contribution in [0.1, 0.15) is 56.1 Å². The summed E-state index contributed by atoms with van der Waals surface area (Å²) in [6.07, 6.45) is 3.29. The number of aromatic nitrogens is 6. The van der Waals surface area contributed by atoms with E-state index in [0.29, 0.717) is 41.5 Å². The van der Waals surface area contributed by atoms with Crippen LogP contribution >= 0.6 is 11.3 Å². The number of rotatable bonds is 4. The summed E-state index contributed by atoms with van der Waals surface area (Å²) in [7, 11) is 0. The molecular weight excluding hydrogens is 488 g/mol. The maximum Gasteiger partial charge on any atom is 0.276 e. The summed E-state index contributed by atoms with van der Waals surface area (Å²) in [5, 5.41) is 19.4. The van der Waals surface area contributed by atoms with Gasteiger partial charge in [0.1, 0.15) is 5.69 Å². The highest BCUT2D eigenvalue weighted by Gasteiger charge is 2.29. The number of aryl methyl sites for hydroxylation is 2. The first kappa shape index (κ1) is 23.2. The van der Waals surface area contributed by atoms with Crippen molar-refractivity contribution in [3.05, 3.63) is 75.8 Å². The SMILES string of the molecule is Cc1cc2nnc(C(=O)N3CCC(c4nc(C(=O)Nc5ccc6ncccc6c5)cs4)CC3)c(C)n2n1. The lowest BCUT2D eigenvalue weighted by molar-refractivity contribution is 0.0704. The molecule has 4 aromatic heterocycles. The van der Waals surface area contributed by atoms with Crippen molar-refractivity contribution in [2.24, 2.45) is 0 Å². The first-order valence-corrected chi connectivity index (χ1v) is 12.9. The molecule has 186 valence electrons. The highest BCUT2D eigenvalue weighted by Crippen LogP contribution is 2.31. The lowest BCUT2D eigenvalue weighted by atomic mass is 9.97. The van der Waals surface area contributed by atoms with Crippen LogP contribution in [0.2, 0.25) is 0 Å². The highest BCUT2D eigenvalue weighted by atomic mass is 32.1. The van der Waals surface area contributed by atoms with Gasteiger partial charge in [0.15, 0.2) is 11.3 Å². The molecule has 10 nitrogen and oxygen atoms in total. The molecule has 0 spiro atoms. The lowest BCUT2D eigenvalue weighted by Gasteiger charge is -2.31. The summed E-state index contributed by atoms with van der Waals surface area (Å²) >= 11 is 1.49.